The van der Waals surface area contributed by atoms with Gasteiger partial charge in [0.05, 0.1) is 0 Å². The Bertz CT molecular complexity index is 198. The lowest BCUT2D eigenvalue weighted by atomic mass is 9.70. The Labute approximate surface area is 81.1 Å². The minimum Gasteiger partial charge on any atom is -0.354 e. The molecule has 2 nitrogen and oxygen atoms in total. The number of hydrogen-bond donors (Lipinski definition) is 1. The van der Waals surface area contributed by atoms with Crippen LogP contribution in [0.15, 0.2) is 0 Å². The van der Waals surface area contributed by atoms with E-state index in [9.17, 15) is 4.79 Å². The van der Waals surface area contributed by atoms with E-state index in [1.807, 2.05) is 0 Å². The largest absolute Gasteiger partial charge is 0.354 e. The highest BCUT2D eigenvalue weighted by Crippen LogP contribution is 2.38. The zero-order valence-corrected chi connectivity index (χ0v) is 9.18. The Morgan fingerprint density at radius 2 is 2.00 bits per heavy atom. The third-order valence-corrected chi connectivity index (χ3v) is 2.79. The molecule has 0 saturated heterocycles. The second-order valence-electron chi connectivity index (χ2n) is 5.31. The van der Waals surface area contributed by atoms with Gasteiger partial charge >= 0.3 is 0 Å². The van der Waals surface area contributed by atoms with Crippen molar-refractivity contribution in [3.63, 3.8) is 0 Å². The predicted octanol–water partition coefficient (Wildman–Crippen LogP) is 2.34. The van der Waals surface area contributed by atoms with Gasteiger partial charge in [0.25, 0.3) is 0 Å². The lowest BCUT2D eigenvalue weighted by Gasteiger charge is -2.39. The molecule has 0 aromatic carbocycles. The number of rotatable bonds is 1. The first-order valence-electron chi connectivity index (χ1n) is 5.16. The molecule has 13 heavy (non-hydrogen) atoms. The van der Waals surface area contributed by atoms with Crippen LogP contribution in [0, 0.1) is 11.3 Å². The predicted molar refractivity (Wildman–Crippen MR) is 54.4 cm³/mol. The maximum absolute atomic E-state index is 10.9. The summed E-state index contributed by atoms with van der Waals surface area (Å²) in [7, 11) is 0. The van der Waals surface area contributed by atoms with Gasteiger partial charge in [-0.2, -0.15) is 0 Å². The van der Waals surface area contributed by atoms with Gasteiger partial charge in [-0.3, -0.25) is 4.79 Å². The quantitative estimate of drug-likeness (QED) is 0.664. The standard InChI is InChI=1S/C11H21NO/c1-8-5-10(12-9(2)13)7-11(3,4)6-8/h8,10H,5-7H2,1-4H3,(H,12,13). The second-order valence-corrected chi connectivity index (χ2v) is 5.31. The highest BCUT2D eigenvalue weighted by atomic mass is 16.1. The number of nitrogens with one attached hydrogen (secondary N) is 1. The maximum atomic E-state index is 10.9. The molecule has 1 fully saturated rings. The van der Waals surface area contributed by atoms with Crippen molar-refractivity contribution in [1.29, 1.82) is 0 Å². The molecule has 0 aliphatic heterocycles. The Kier molecular flexibility index (Phi) is 2.99. The molecular formula is C11H21NO. The van der Waals surface area contributed by atoms with Crippen molar-refractivity contribution < 1.29 is 4.79 Å². The fourth-order valence-electron chi connectivity index (χ4n) is 2.74. The SMILES string of the molecule is CC(=O)NC1CC(C)CC(C)(C)C1. The molecule has 0 aromatic heterocycles. The number of amides is 1. The van der Waals surface area contributed by atoms with Gasteiger partial charge in [-0.25, -0.2) is 0 Å². The summed E-state index contributed by atoms with van der Waals surface area (Å²) >= 11 is 0. The van der Waals surface area contributed by atoms with Gasteiger partial charge < -0.3 is 5.32 Å². The smallest absolute Gasteiger partial charge is 0.217 e. The molecular weight excluding hydrogens is 162 g/mol. The highest BCUT2D eigenvalue weighted by Gasteiger charge is 2.32. The van der Waals surface area contributed by atoms with E-state index in [1.54, 1.807) is 6.92 Å². The lowest BCUT2D eigenvalue weighted by Crippen LogP contribution is -2.42. The van der Waals surface area contributed by atoms with E-state index in [2.05, 4.69) is 26.1 Å². The second kappa shape index (κ2) is 3.69. The molecule has 0 bridgehead atoms. The van der Waals surface area contributed by atoms with Crippen LogP contribution in [0.5, 0.6) is 0 Å². The van der Waals surface area contributed by atoms with Crippen LogP contribution in [0.2, 0.25) is 0 Å². The fraction of sp³-hybridized carbons (Fsp3) is 0.909. The van der Waals surface area contributed by atoms with Crippen LogP contribution in [0.25, 0.3) is 0 Å². The van der Waals surface area contributed by atoms with Crippen LogP contribution < -0.4 is 5.32 Å². The van der Waals surface area contributed by atoms with Crippen molar-refractivity contribution in [2.24, 2.45) is 11.3 Å². The third kappa shape index (κ3) is 3.37. The van der Waals surface area contributed by atoms with Crippen LogP contribution in [0.4, 0.5) is 0 Å². The van der Waals surface area contributed by atoms with Crippen molar-refractivity contribution in [1.82, 2.24) is 5.32 Å². The summed E-state index contributed by atoms with van der Waals surface area (Å²) in [6, 6.07) is 0.399. The van der Waals surface area contributed by atoms with Gasteiger partial charge in [0.15, 0.2) is 0 Å². The van der Waals surface area contributed by atoms with Crippen LogP contribution >= 0.6 is 0 Å². The summed E-state index contributed by atoms with van der Waals surface area (Å²) < 4.78 is 0. The lowest BCUT2D eigenvalue weighted by molar-refractivity contribution is -0.120. The average molecular weight is 183 g/mol. The van der Waals surface area contributed by atoms with Crippen LogP contribution in [-0.4, -0.2) is 11.9 Å². The zero-order chi connectivity index (χ0) is 10.1. The summed E-state index contributed by atoms with van der Waals surface area (Å²) in [4.78, 5) is 10.9. The highest BCUT2D eigenvalue weighted by molar-refractivity contribution is 5.73. The van der Waals surface area contributed by atoms with Gasteiger partial charge in [-0.05, 0) is 30.6 Å². The number of hydrogen-bond acceptors (Lipinski definition) is 1. The monoisotopic (exact) mass is 183 g/mol. The molecule has 0 aromatic rings. The first kappa shape index (κ1) is 10.6. The minimum absolute atomic E-state index is 0.106. The molecule has 1 N–H and O–H groups in total. The van der Waals surface area contributed by atoms with E-state index in [-0.39, 0.29) is 5.91 Å². The Morgan fingerprint density at radius 3 is 2.46 bits per heavy atom. The van der Waals surface area contributed by atoms with E-state index in [0.29, 0.717) is 11.5 Å². The zero-order valence-electron chi connectivity index (χ0n) is 9.18. The van der Waals surface area contributed by atoms with E-state index < -0.39 is 0 Å². The average Bonchev–Trinajstić information content (AvgIpc) is 1.78. The van der Waals surface area contributed by atoms with Gasteiger partial charge in [0.1, 0.15) is 0 Å². The topological polar surface area (TPSA) is 29.1 Å². The molecule has 2 atom stereocenters. The van der Waals surface area contributed by atoms with Crippen molar-refractivity contribution in [3.8, 4) is 0 Å². The number of carbonyl (C=O) groups is 1. The molecule has 1 rings (SSSR count). The van der Waals surface area contributed by atoms with E-state index in [1.165, 1.54) is 6.42 Å². The summed E-state index contributed by atoms with van der Waals surface area (Å²) in [6.45, 7) is 8.46. The molecule has 1 aliphatic carbocycles. The minimum atomic E-state index is 0.106. The number of carbonyl (C=O) groups excluding carboxylic acids is 1. The molecule has 1 amide bonds. The van der Waals surface area contributed by atoms with Gasteiger partial charge in [0, 0.05) is 13.0 Å². The van der Waals surface area contributed by atoms with Crippen molar-refractivity contribution in [2.75, 3.05) is 0 Å². The Balaban J connectivity index is 2.52. The summed E-state index contributed by atoms with van der Waals surface area (Å²) in [6.07, 6.45) is 3.54. The maximum Gasteiger partial charge on any atom is 0.217 e. The van der Waals surface area contributed by atoms with Crippen LogP contribution in [0.3, 0.4) is 0 Å². The fourth-order valence-corrected chi connectivity index (χ4v) is 2.74. The van der Waals surface area contributed by atoms with E-state index in [0.717, 1.165) is 18.8 Å². The molecule has 0 spiro atoms. The van der Waals surface area contributed by atoms with Crippen LogP contribution in [-0.2, 0) is 4.79 Å². The molecule has 76 valence electrons. The third-order valence-electron chi connectivity index (χ3n) is 2.79. The van der Waals surface area contributed by atoms with E-state index >= 15 is 0 Å². The first-order chi connectivity index (χ1) is 5.89. The Hall–Kier alpha value is -0.530. The van der Waals surface area contributed by atoms with E-state index in [4.69, 9.17) is 0 Å². The molecule has 2 heteroatoms. The molecule has 2 unspecified atom stereocenters. The first-order valence-corrected chi connectivity index (χ1v) is 5.16. The molecule has 1 aliphatic rings. The van der Waals surface area contributed by atoms with Crippen molar-refractivity contribution in [3.05, 3.63) is 0 Å². The van der Waals surface area contributed by atoms with Crippen molar-refractivity contribution in [2.45, 2.75) is 53.0 Å². The van der Waals surface area contributed by atoms with Crippen LogP contribution in [0.1, 0.15) is 47.0 Å². The molecule has 1 saturated carbocycles. The summed E-state index contributed by atoms with van der Waals surface area (Å²) in [5.41, 5.74) is 0.394. The normalized spacial score (nSPS) is 32.6. The molecule has 0 heterocycles. The Morgan fingerprint density at radius 1 is 1.38 bits per heavy atom. The summed E-state index contributed by atoms with van der Waals surface area (Å²) in [5.74, 6) is 0.843. The summed E-state index contributed by atoms with van der Waals surface area (Å²) in [5, 5.41) is 3.03. The van der Waals surface area contributed by atoms with Gasteiger partial charge in [0.2, 0.25) is 5.91 Å². The van der Waals surface area contributed by atoms with Crippen molar-refractivity contribution >= 4 is 5.91 Å². The van der Waals surface area contributed by atoms with Gasteiger partial charge in [-0.15, -0.1) is 0 Å². The molecule has 0 radical (unpaired) electrons. The van der Waals surface area contributed by atoms with Gasteiger partial charge in [-0.1, -0.05) is 20.8 Å².